The molecule has 2 aromatic carbocycles. The molecule has 0 unspecified atom stereocenters. The molecule has 0 aliphatic heterocycles. The van der Waals surface area contributed by atoms with Crippen LogP contribution in [0.1, 0.15) is 11.1 Å². The van der Waals surface area contributed by atoms with Crippen molar-refractivity contribution in [2.75, 3.05) is 7.11 Å². The van der Waals surface area contributed by atoms with Crippen molar-refractivity contribution in [3.8, 4) is 5.75 Å². The van der Waals surface area contributed by atoms with E-state index in [-0.39, 0.29) is 0 Å². The molecule has 2 rings (SSSR count). The van der Waals surface area contributed by atoms with Crippen LogP contribution in [0.15, 0.2) is 53.4 Å². The van der Waals surface area contributed by atoms with Crippen LogP contribution >= 0.6 is 11.8 Å². The SMILES string of the molecule is COc1ccc(CSc2ccccc2)cc1CN. The maximum absolute atomic E-state index is 5.72. The Morgan fingerprint density at radius 1 is 1.11 bits per heavy atom. The molecule has 0 aliphatic carbocycles. The zero-order valence-electron chi connectivity index (χ0n) is 10.4. The first-order valence-corrected chi connectivity index (χ1v) is 6.85. The van der Waals surface area contributed by atoms with Crippen molar-refractivity contribution in [1.82, 2.24) is 0 Å². The van der Waals surface area contributed by atoms with E-state index < -0.39 is 0 Å². The molecule has 2 aromatic rings. The zero-order chi connectivity index (χ0) is 12.8. The fourth-order valence-corrected chi connectivity index (χ4v) is 2.63. The molecule has 0 spiro atoms. The lowest BCUT2D eigenvalue weighted by Crippen LogP contribution is -2.00. The molecule has 0 heterocycles. The summed E-state index contributed by atoms with van der Waals surface area (Å²) in [6.07, 6.45) is 0. The fraction of sp³-hybridized carbons (Fsp3) is 0.200. The molecule has 0 saturated heterocycles. The van der Waals surface area contributed by atoms with Crippen LogP contribution in [0.3, 0.4) is 0 Å². The normalized spacial score (nSPS) is 10.3. The fourth-order valence-electron chi connectivity index (χ4n) is 1.76. The van der Waals surface area contributed by atoms with Gasteiger partial charge in [0.2, 0.25) is 0 Å². The first-order valence-electron chi connectivity index (χ1n) is 5.87. The molecule has 2 nitrogen and oxygen atoms in total. The summed E-state index contributed by atoms with van der Waals surface area (Å²) in [6, 6.07) is 16.6. The quantitative estimate of drug-likeness (QED) is 0.835. The van der Waals surface area contributed by atoms with Crippen LogP contribution in [0.2, 0.25) is 0 Å². The number of hydrogen-bond acceptors (Lipinski definition) is 3. The molecule has 2 N–H and O–H groups in total. The molecule has 0 radical (unpaired) electrons. The highest BCUT2D eigenvalue weighted by atomic mass is 32.2. The van der Waals surface area contributed by atoms with Crippen LogP contribution in [0.4, 0.5) is 0 Å². The molecule has 0 fully saturated rings. The van der Waals surface area contributed by atoms with Gasteiger partial charge in [0, 0.05) is 22.8 Å². The first kappa shape index (κ1) is 13.0. The second-order valence-corrected chi connectivity index (χ2v) is 5.00. The van der Waals surface area contributed by atoms with Gasteiger partial charge in [-0.1, -0.05) is 24.3 Å². The largest absolute Gasteiger partial charge is 0.496 e. The first-order chi connectivity index (χ1) is 8.83. The van der Waals surface area contributed by atoms with Crippen molar-refractivity contribution in [1.29, 1.82) is 0 Å². The Morgan fingerprint density at radius 2 is 1.89 bits per heavy atom. The van der Waals surface area contributed by atoms with Crippen LogP contribution in [0.25, 0.3) is 0 Å². The molecule has 0 aromatic heterocycles. The van der Waals surface area contributed by atoms with Crippen LogP contribution in [-0.4, -0.2) is 7.11 Å². The third kappa shape index (κ3) is 3.28. The number of thioether (sulfide) groups is 1. The highest BCUT2D eigenvalue weighted by molar-refractivity contribution is 7.98. The predicted octanol–water partition coefficient (Wildman–Crippen LogP) is 3.45. The van der Waals surface area contributed by atoms with Gasteiger partial charge in [-0.3, -0.25) is 0 Å². The van der Waals surface area contributed by atoms with Crippen molar-refractivity contribution >= 4 is 11.8 Å². The van der Waals surface area contributed by atoms with Crippen molar-refractivity contribution in [3.63, 3.8) is 0 Å². The van der Waals surface area contributed by atoms with Crippen molar-refractivity contribution < 1.29 is 4.74 Å². The van der Waals surface area contributed by atoms with Crippen molar-refractivity contribution in [2.24, 2.45) is 5.73 Å². The number of ether oxygens (including phenoxy) is 1. The second kappa shape index (κ2) is 6.47. The van der Waals surface area contributed by atoms with Gasteiger partial charge in [0.15, 0.2) is 0 Å². The van der Waals surface area contributed by atoms with Gasteiger partial charge in [-0.15, -0.1) is 11.8 Å². The molecule has 0 saturated carbocycles. The van der Waals surface area contributed by atoms with Crippen molar-refractivity contribution in [3.05, 3.63) is 59.7 Å². The van der Waals surface area contributed by atoms with Gasteiger partial charge in [0.05, 0.1) is 7.11 Å². The average Bonchev–Trinajstić information content (AvgIpc) is 2.45. The molecule has 0 aliphatic rings. The third-order valence-electron chi connectivity index (χ3n) is 2.71. The molecular weight excluding hydrogens is 242 g/mol. The number of hydrogen-bond donors (Lipinski definition) is 1. The van der Waals surface area contributed by atoms with E-state index in [1.807, 2.05) is 23.9 Å². The Bertz CT molecular complexity index is 499. The number of benzene rings is 2. The van der Waals surface area contributed by atoms with Gasteiger partial charge >= 0.3 is 0 Å². The van der Waals surface area contributed by atoms with E-state index in [0.717, 1.165) is 17.1 Å². The summed E-state index contributed by atoms with van der Waals surface area (Å²) in [6.45, 7) is 0.507. The Hall–Kier alpha value is -1.45. The molecule has 3 heteroatoms. The summed E-state index contributed by atoms with van der Waals surface area (Å²) in [5.74, 6) is 1.81. The zero-order valence-corrected chi connectivity index (χ0v) is 11.2. The van der Waals surface area contributed by atoms with E-state index in [9.17, 15) is 0 Å². The monoisotopic (exact) mass is 259 g/mol. The van der Waals surface area contributed by atoms with Crippen LogP contribution in [-0.2, 0) is 12.3 Å². The maximum Gasteiger partial charge on any atom is 0.123 e. The minimum absolute atomic E-state index is 0.507. The minimum Gasteiger partial charge on any atom is -0.496 e. The maximum atomic E-state index is 5.72. The third-order valence-corrected chi connectivity index (χ3v) is 3.80. The standard InChI is InChI=1S/C15H17NOS/c1-17-15-8-7-12(9-13(15)10-16)11-18-14-5-3-2-4-6-14/h2-9H,10-11,16H2,1H3. The minimum atomic E-state index is 0.507. The second-order valence-electron chi connectivity index (χ2n) is 3.95. The van der Waals surface area contributed by atoms with Gasteiger partial charge in [0.1, 0.15) is 5.75 Å². The average molecular weight is 259 g/mol. The van der Waals surface area contributed by atoms with E-state index in [2.05, 4.69) is 36.4 Å². The van der Waals surface area contributed by atoms with Crippen molar-refractivity contribution in [2.45, 2.75) is 17.2 Å². The molecule has 0 bridgehead atoms. The van der Waals surface area contributed by atoms with E-state index in [0.29, 0.717) is 6.54 Å². The number of nitrogens with two attached hydrogens (primary N) is 1. The predicted molar refractivity (Wildman–Crippen MR) is 76.9 cm³/mol. The topological polar surface area (TPSA) is 35.2 Å². The number of methoxy groups -OCH3 is 1. The lowest BCUT2D eigenvalue weighted by molar-refractivity contribution is 0.409. The Labute approximate surface area is 112 Å². The summed E-state index contributed by atoms with van der Waals surface area (Å²) >= 11 is 1.82. The molecule has 18 heavy (non-hydrogen) atoms. The van der Waals surface area contributed by atoms with Crippen LogP contribution in [0, 0.1) is 0 Å². The van der Waals surface area contributed by atoms with Gasteiger partial charge in [-0.05, 0) is 29.8 Å². The van der Waals surface area contributed by atoms with Gasteiger partial charge in [0.25, 0.3) is 0 Å². The summed E-state index contributed by atoms with van der Waals surface area (Å²) in [7, 11) is 1.67. The van der Waals surface area contributed by atoms with E-state index in [1.165, 1.54) is 10.5 Å². The van der Waals surface area contributed by atoms with Gasteiger partial charge in [-0.2, -0.15) is 0 Å². The molecule has 0 atom stereocenters. The number of rotatable bonds is 5. The molecule has 0 amide bonds. The lowest BCUT2D eigenvalue weighted by atomic mass is 10.1. The summed E-state index contributed by atoms with van der Waals surface area (Å²) in [4.78, 5) is 1.28. The molecular formula is C15H17NOS. The van der Waals surface area contributed by atoms with E-state index in [1.54, 1.807) is 7.11 Å². The lowest BCUT2D eigenvalue weighted by Gasteiger charge is -2.09. The smallest absolute Gasteiger partial charge is 0.123 e. The van der Waals surface area contributed by atoms with Gasteiger partial charge in [-0.25, -0.2) is 0 Å². The van der Waals surface area contributed by atoms with Crippen LogP contribution in [0.5, 0.6) is 5.75 Å². The highest BCUT2D eigenvalue weighted by Gasteiger charge is 2.03. The Morgan fingerprint density at radius 3 is 2.56 bits per heavy atom. The van der Waals surface area contributed by atoms with Gasteiger partial charge < -0.3 is 10.5 Å². The Kier molecular flexibility index (Phi) is 4.67. The highest BCUT2D eigenvalue weighted by Crippen LogP contribution is 2.25. The van der Waals surface area contributed by atoms with E-state index in [4.69, 9.17) is 10.5 Å². The summed E-state index contributed by atoms with van der Waals surface area (Å²) in [5.41, 5.74) is 8.04. The summed E-state index contributed by atoms with van der Waals surface area (Å²) in [5, 5.41) is 0. The van der Waals surface area contributed by atoms with Crippen LogP contribution < -0.4 is 10.5 Å². The molecule has 94 valence electrons. The summed E-state index contributed by atoms with van der Waals surface area (Å²) < 4.78 is 5.27. The van der Waals surface area contributed by atoms with E-state index >= 15 is 0 Å². The Balaban J connectivity index is 2.06.